The highest BCUT2D eigenvalue weighted by molar-refractivity contribution is 5.95. The zero-order valence-corrected chi connectivity index (χ0v) is 13.7. The number of para-hydroxylation sites is 1. The van der Waals surface area contributed by atoms with Crippen LogP contribution in [0.5, 0.6) is 0 Å². The smallest absolute Gasteiger partial charge is 0.123 e. The number of hydrogen-bond acceptors (Lipinski definition) is 3. The van der Waals surface area contributed by atoms with Gasteiger partial charge in [-0.15, -0.1) is 0 Å². The first-order valence-corrected chi connectivity index (χ1v) is 8.10. The summed E-state index contributed by atoms with van der Waals surface area (Å²) in [5.74, 6) is 0. The van der Waals surface area contributed by atoms with Gasteiger partial charge in [0, 0.05) is 22.7 Å². The molecule has 2 aromatic carbocycles. The van der Waals surface area contributed by atoms with E-state index in [-0.39, 0.29) is 6.04 Å². The van der Waals surface area contributed by atoms with Crippen LogP contribution in [0.4, 0.5) is 0 Å². The van der Waals surface area contributed by atoms with Crippen LogP contribution < -0.4 is 0 Å². The van der Waals surface area contributed by atoms with Crippen LogP contribution in [-0.2, 0) is 0 Å². The van der Waals surface area contributed by atoms with Crippen molar-refractivity contribution in [1.29, 1.82) is 0 Å². The molecular formula is C20H18N4. The molecule has 0 atom stereocenters. The topological polar surface area (TPSA) is 43.6 Å². The standard InChI is InChI=1S/C20H18N4/c1-14(2)24-22-19(16-8-4-3-5-9-16)20(23-24)17-12-6-10-15-11-7-13-21-18(15)17/h3-14H,1-2H3. The van der Waals surface area contributed by atoms with E-state index in [4.69, 9.17) is 10.2 Å². The van der Waals surface area contributed by atoms with Crippen molar-refractivity contribution in [3.8, 4) is 22.5 Å². The first-order valence-electron chi connectivity index (χ1n) is 8.10. The van der Waals surface area contributed by atoms with Crippen LogP contribution in [0.3, 0.4) is 0 Å². The molecule has 0 aliphatic rings. The Labute approximate surface area is 140 Å². The van der Waals surface area contributed by atoms with Crippen molar-refractivity contribution >= 4 is 10.9 Å². The Balaban J connectivity index is 2.00. The van der Waals surface area contributed by atoms with Gasteiger partial charge in [0.1, 0.15) is 11.4 Å². The van der Waals surface area contributed by atoms with Gasteiger partial charge in [-0.2, -0.15) is 15.0 Å². The van der Waals surface area contributed by atoms with Gasteiger partial charge in [0.15, 0.2) is 0 Å². The van der Waals surface area contributed by atoms with Crippen LogP contribution in [0.15, 0.2) is 66.9 Å². The maximum atomic E-state index is 4.77. The summed E-state index contributed by atoms with van der Waals surface area (Å²) in [7, 11) is 0. The minimum atomic E-state index is 0.198. The average molecular weight is 314 g/mol. The lowest BCUT2D eigenvalue weighted by molar-refractivity contribution is 0.468. The number of aromatic nitrogens is 4. The summed E-state index contributed by atoms with van der Waals surface area (Å²) < 4.78 is 0. The van der Waals surface area contributed by atoms with Gasteiger partial charge in [0.2, 0.25) is 0 Å². The van der Waals surface area contributed by atoms with Gasteiger partial charge in [0.25, 0.3) is 0 Å². The normalized spacial score (nSPS) is 11.3. The van der Waals surface area contributed by atoms with Gasteiger partial charge in [-0.05, 0) is 19.9 Å². The van der Waals surface area contributed by atoms with Gasteiger partial charge < -0.3 is 0 Å². The van der Waals surface area contributed by atoms with Crippen molar-refractivity contribution in [2.75, 3.05) is 0 Å². The van der Waals surface area contributed by atoms with Crippen molar-refractivity contribution in [3.05, 3.63) is 66.9 Å². The lowest BCUT2D eigenvalue weighted by atomic mass is 10.0. The third-order valence-electron chi connectivity index (χ3n) is 4.03. The fraction of sp³-hybridized carbons (Fsp3) is 0.150. The fourth-order valence-corrected chi connectivity index (χ4v) is 2.82. The number of fused-ring (bicyclic) bond motifs is 1. The fourth-order valence-electron chi connectivity index (χ4n) is 2.82. The summed E-state index contributed by atoms with van der Waals surface area (Å²) in [6, 6.07) is 20.6. The summed E-state index contributed by atoms with van der Waals surface area (Å²) in [5.41, 5.74) is 4.79. The average Bonchev–Trinajstić information content (AvgIpc) is 3.07. The van der Waals surface area contributed by atoms with Gasteiger partial charge in [-0.3, -0.25) is 4.98 Å². The zero-order valence-electron chi connectivity index (χ0n) is 13.7. The summed E-state index contributed by atoms with van der Waals surface area (Å²) in [6.07, 6.45) is 1.82. The van der Waals surface area contributed by atoms with E-state index in [1.165, 1.54) is 0 Å². The van der Waals surface area contributed by atoms with Crippen molar-refractivity contribution in [2.24, 2.45) is 0 Å². The Hall–Kier alpha value is -3.01. The molecule has 4 aromatic rings. The Morgan fingerprint density at radius 2 is 1.54 bits per heavy atom. The van der Waals surface area contributed by atoms with Crippen molar-refractivity contribution in [2.45, 2.75) is 19.9 Å². The summed E-state index contributed by atoms with van der Waals surface area (Å²) in [4.78, 5) is 6.35. The third kappa shape index (κ3) is 2.46. The molecule has 0 amide bonds. The van der Waals surface area contributed by atoms with E-state index in [0.717, 1.165) is 33.4 Å². The molecule has 4 heteroatoms. The third-order valence-corrected chi connectivity index (χ3v) is 4.03. The van der Waals surface area contributed by atoms with Crippen molar-refractivity contribution in [1.82, 2.24) is 20.0 Å². The molecule has 0 N–H and O–H groups in total. The maximum absolute atomic E-state index is 4.77. The molecular weight excluding hydrogens is 296 g/mol. The molecule has 4 nitrogen and oxygen atoms in total. The highest BCUT2D eigenvalue weighted by Crippen LogP contribution is 2.33. The van der Waals surface area contributed by atoms with Crippen LogP contribution in [0.2, 0.25) is 0 Å². The Kier molecular flexibility index (Phi) is 3.58. The highest BCUT2D eigenvalue weighted by Gasteiger charge is 2.18. The second-order valence-electron chi connectivity index (χ2n) is 6.06. The van der Waals surface area contributed by atoms with Crippen LogP contribution in [-0.4, -0.2) is 20.0 Å². The molecule has 0 radical (unpaired) electrons. The summed E-state index contributed by atoms with van der Waals surface area (Å²) >= 11 is 0. The molecule has 118 valence electrons. The quantitative estimate of drug-likeness (QED) is 0.548. The number of benzene rings is 2. The number of pyridine rings is 1. The summed E-state index contributed by atoms with van der Waals surface area (Å²) in [6.45, 7) is 4.17. The summed E-state index contributed by atoms with van der Waals surface area (Å²) in [5, 5.41) is 10.6. The van der Waals surface area contributed by atoms with Gasteiger partial charge in [-0.1, -0.05) is 54.6 Å². The maximum Gasteiger partial charge on any atom is 0.123 e. The number of nitrogens with zero attached hydrogens (tertiary/aromatic N) is 4. The van der Waals surface area contributed by atoms with Gasteiger partial charge in [0.05, 0.1) is 11.6 Å². The largest absolute Gasteiger partial charge is 0.256 e. The highest BCUT2D eigenvalue weighted by atomic mass is 15.5. The Morgan fingerprint density at radius 1 is 0.792 bits per heavy atom. The molecule has 0 saturated heterocycles. The second kappa shape index (κ2) is 5.89. The minimum absolute atomic E-state index is 0.198. The lowest BCUT2D eigenvalue weighted by Crippen LogP contribution is -2.04. The molecule has 0 bridgehead atoms. The first-order chi connectivity index (χ1) is 11.7. The van der Waals surface area contributed by atoms with Crippen LogP contribution in [0.25, 0.3) is 33.4 Å². The van der Waals surface area contributed by atoms with Crippen LogP contribution in [0, 0.1) is 0 Å². The molecule has 24 heavy (non-hydrogen) atoms. The molecule has 0 saturated carbocycles. The molecule has 2 aromatic heterocycles. The van der Waals surface area contributed by atoms with Gasteiger partial charge in [-0.25, -0.2) is 0 Å². The number of rotatable bonds is 3. The van der Waals surface area contributed by atoms with Crippen molar-refractivity contribution in [3.63, 3.8) is 0 Å². The van der Waals surface area contributed by atoms with E-state index in [1.54, 1.807) is 4.80 Å². The molecule has 0 fully saturated rings. The molecule has 0 aliphatic carbocycles. The van der Waals surface area contributed by atoms with E-state index in [2.05, 4.69) is 49.2 Å². The Morgan fingerprint density at radius 3 is 2.33 bits per heavy atom. The predicted molar refractivity (Wildman–Crippen MR) is 96.6 cm³/mol. The van der Waals surface area contributed by atoms with Crippen molar-refractivity contribution < 1.29 is 0 Å². The number of hydrogen-bond donors (Lipinski definition) is 0. The van der Waals surface area contributed by atoms with E-state index in [1.807, 2.05) is 36.5 Å². The lowest BCUT2D eigenvalue weighted by Gasteiger charge is -2.05. The van der Waals surface area contributed by atoms with Crippen LogP contribution in [0.1, 0.15) is 19.9 Å². The molecule has 0 aliphatic heterocycles. The molecule has 4 rings (SSSR count). The second-order valence-corrected chi connectivity index (χ2v) is 6.06. The predicted octanol–water partition coefficient (Wildman–Crippen LogP) is 4.74. The SMILES string of the molecule is CC(C)n1nc(-c2ccccc2)c(-c2cccc3cccnc23)n1. The molecule has 2 heterocycles. The van der Waals surface area contributed by atoms with E-state index in [0.29, 0.717) is 0 Å². The Bertz CT molecular complexity index is 982. The van der Waals surface area contributed by atoms with E-state index < -0.39 is 0 Å². The van der Waals surface area contributed by atoms with Gasteiger partial charge >= 0.3 is 0 Å². The molecule has 0 spiro atoms. The minimum Gasteiger partial charge on any atom is -0.256 e. The first kappa shape index (κ1) is 14.6. The monoisotopic (exact) mass is 314 g/mol. The van der Waals surface area contributed by atoms with E-state index >= 15 is 0 Å². The molecule has 0 unspecified atom stereocenters. The zero-order chi connectivity index (χ0) is 16.5. The van der Waals surface area contributed by atoms with Crippen LogP contribution >= 0.6 is 0 Å². The van der Waals surface area contributed by atoms with E-state index in [9.17, 15) is 0 Å².